The Morgan fingerprint density at radius 2 is 1.39 bits per heavy atom. The van der Waals surface area contributed by atoms with E-state index in [1.54, 1.807) is 24.3 Å². The summed E-state index contributed by atoms with van der Waals surface area (Å²) in [5, 5.41) is 0. The SMILES string of the molecule is CCCCCCCCCCC#CCOC(=O)c1ccccc1C(=O)OCCCC(C)C. The molecule has 4 heteroatoms. The molecule has 0 saturated carbocycles. The Morgan fingerprint density at radius 1 is 0.806 bits per heavy atom. The van der Waals surface area contributed by atoms with Crippen LogP contribution in [0.1, 0.15) is 112 Å². The zero-order valence-corrected chi connectivity index (χ0v) is 19.7. The highest BCUT2D eigenvalue weighted by Gasteiger charge is 2.18. The summed E-state index contributed by atoms with van der Waals surface area (Å²) >= 11 is 0. The summed E-state index contributed by atoms with van der Waals surface area (Å²) in [7, 11) is 0. The molecule has 0 radical (unpaired) electrons. The van der Waals surface area contributed by atoms with E-state index in [0.717, 1.165) is 25.7 Å². The number of rotatable bonds is 15. The van der Waals surface area contributed by atoms with Crippen LogP contribution in [0.5, 0.6) is 0 Å². The number of hydrogen-bond donors (Lipinski definition) is 0. The molecule has 0 aliphatic rings. The van der Waals surface area contributed by atoms with Gasteiger partial charge in [0.05, 0.1) is 17.7 Å². The summed E-state index contributed by atoms with van der Waals surface area (Å²) in [6.07, 6.45) is 12.8. The second-order valence-corrected chi connectivity index (χ2v) is 8.37. The molecule has 31 heavy (non-hydrogen) atoms. The number of carbonyl (C=O) groups excluding carboxylic acids is 2. The lowest BCUT2D eigenvalue weighted by molar-refractivity contribution is 0.0469. The van der Waals surface area contributed by atoms with E-state index in [1.807, 2.05) is 0 Å². The molecule has 0 spiro atoms. The first-order valence-corrected chi connectivity index (χ1v) is 11.9. The summed E-state index contributed by atoms with van der Waals surface area (Å²) in [5.74, 6) is 5.50. The zero-order valence-electron chi connectivity index (χ0n) is 19.7. The van der Waals surface area contributed by atoms with Crippen LogP contribution in [0.4, 0.5) is 0 Å². The maximum Gasteiger partial charge on any atom is 0.339 e. The van der Waals surface area contributed by atoms with Gasteiger partial charge in [-0.15, -0.1) is 0 Å². The van der Waals surface area contributed by atoms with E-state index in [9.17, 15) is 9.59 Å². The molecule has 0 bridgehead atoms. The van der Waals surface area contributed by atoms with Crippen molar-refractivity contribution in [3.05, 3.63) is 35.4 Å². The second kappa shape index (κ2) is 17.4. The lowest BCUT2D eigenvalue weighted by Gasteiger charge is -2.09. The van der Waals surface area contributed by atoms with Crippen molar-refractivity contribution in [1.29, 1.82) is 0 Å². The van der Waals surface area contributed by atoms with Crippen molar-refractivity contribution in [3.63, 3.8) is 0 Å². The lowest BCUT2D eigenvalue weighted by Crippen LogP contribution is -2.14. The Hall–Kier alpha value is -2.28. The van der Waals surface area contributed by atoms with E-state index in [4.69, 9.17) is 9.47 Å². The van der Waals surface area contributed by atoms with Crippen molar-refractivity contribution in [1.82, 2.24) is 0 Å². The molecule has 1 aromatic rings. The first-order chi connectivity index (χ1) is 15.1. The van der Waals surface area contributed by atoms with Crippen LogP contribution in [0.2, 0.25) is 0 Å². The van der Waals surface area contributed by atoms with Gasteiger partial charge in [0.25, 0.3) is 0 Å². The van der Waals surface area contributed by atoms with E-state index in [-0.39, 0.29) is 17.7 Å². The van der Waals surface area contributed by atoms with Gasteiger partial charge in [0.1, 0.15) is 0 Å². The molecule has 0 aliphatic heterocycles. The fourth-order valence-electron chi connectivity index (χ4n) is 3.24. The van der Waals surface area contributed by atoms with Crippen LogP contribution in [0.15, 0.2) is 24.3 Å². The number of benzene rings is 1. The summed E-state index contributed by atoms with van der Waals surface area (Å²) in [4.78, 5) is 24.7. The van der Waals surface area contributed by atoms with E-state index in [2.05, 4.69) is 32.6 Å². The van der Waals surface area contributed by atoms with Crippen molar-refractivity contribution < 1.29 is 19.1 Å². The van der Waals surface area contributed by atoms with Crippen LogP contribution in [0.3, 0.4) is 0 Å². The fourth-order valence-corrected chi connectivity index (χ4v) is 3.24. The average Bonchev–Trinajstić information content (AvgIpc) is 2.77. The molecule has 0 aromatic heterocycles. The summed E-state index contributed by atoms with van der Waals surface area (Å²) in [6, 6.07) is 6.60. The van der Waals surface area contributed by atoms with Gasteiger partial charge >= 0.3 is 11.9 Å². The second-order valence-electron chi connectivity index (χ2n) is 8.37. The van der Waals surface area contributed by atoms with Crippen LogP contribution in [-0.2, 0) is 9.47 Å². The van der Waals surface area contributed by atoms with Crippen LogP contribution in [0.25, 0.3) is 0 Å². The van der Waals surface area contributed by atoms with Gasteiger partial charge < -0.3 is 9.47 Å². The lowest BCUT2D eigenvalue weighted by atomic mass is 10.1. The maximum atomic E-state index is 12.4. The van der Waals surface area contributed by atoms with Gasteiger partial charge in [0.15, 0.2) is 6.61 Å². The zero-order chi connectivity index (χ0) is 22.7. The molecule has 0 saturated heterocycles. The van der Waals surface area contributed by atoms with Gasteiger partial charge in [-0.1, -0.05) is 89.7 Å². The predicted octanol–water partition coefficient (Wildman–Crippen LogP) is 6.97. The number of hydrogen-bond acceptors (Lipinski definition) is 4. The van der Waals surface area contributed by atoms with E-state index < -0.39 is 11.9 Å². The van der Waals surface area contributed by atoms with Crippen LogP contribution in [0, 0.1) is 17.8 Å². The molecule has 172 valence electrons. The highest BCUT2D eigenvalue weighted by molar-refractivity contribution is 6.03. The van der Waals surface area contributed by atoms with Gasteiger partial charge in [-0.3, -0.25) is 0 Å². The normalized spacial score (nSPS) is 10.5. The monoisotopic (exact) mass is 428 g/mol. The van der Waals surface area contributed by atoms with Crippen LogP contribution < -0.4 is 0 Å². The molecule has 0 atom stereocenters. The Kier molecular flexibility index (Phi) is 15.0. The Labute approximate surface area is 189 Å². The Balaban J connectivity index is 2.30. The summed E-state index contributed by atoms with van der Waals surface area (Å²) < 4.78 is 10.5. The fraction of sp³-hybridized carbons (Fsp3) is 0.630. The van der Waals surface area contributed by atoms with Crippen molar-refractivity contribution in [2.45, 2.75) is 91.4 Å². The van der Waals surface area contributed by atoms with Gasteiger partial charge in [-0.05, 0) is 37.3 Å². The van der Waals surface area contributed by atoms with Crippen molar-refractivity contribution in [2.24, 2.45) is 5.92 Å². The number of esters is 2. The van der Waals surface area contributed by atoms with Gasteiger partial charge in [-0.2, -0.15) is 0 Å². The predicted molar refractivity (Wildman–Crippen MR) is 126 cm³/mol. The molecular weight excluding hydrogens is 388 g/mol. The topological polar surface area (TPSA) is 52.6 Å². The van der Waals surface area contributed by atoms with E-state index >= 15 is 0 Å². The molecule has 0 N–H and O–H groups in total. The first-order valence-electron chi connectivity index (χ1n) is 11.9. The molecule has 0 unspecified atom stereocenters. The minimum Gasteiger partial charge on any atom is -0.462 e. The molecule has 1 rings (SSSR count). The van der Waals surface area contributed by atoms with Gasteiger partial charge in [0, 0.05) is 6.42 Å². The van der Waals surface area contributed by atoms with E-state index in [0.29, 0.717) is 12.5 Å². The van der Waals surface area contributed by atoms with Crippen LogP contribution in [-0.4, -0.2) is 25.2 Å². The largest absolute Gasteiger partial charge is 0.462 e. The standard InChI is InChI=1S/C27H40O4/c1-4-5-6-7-8-9-10-11-12-13-16-21-30-26(28)24-19-14-15-20-25(24)27(29)31-22-17-18-23(2)3/h14-15,19-20,23H,4-12,17-18,21-22H2,1-3H3. The number of unbranched alkanes of at least 4 members (excludes halogenated alkanes) is 8. The van der Waals surface area contributed by atoms with E-state index in [1.165, 1.54) is 44.9 Å². The average molecular weight is 429 g/mol. The molecule has 0 fully saturated rings. The highest BCUT2D eigenvalue weighted by atomic mass is 16.5. The Bertz CT molecular complexity index is 697. The minimum atomic E-state index is -0.545. The summed E-state index contributed by atoms with van der Waals surface area (Å²) in [5.41, 5.74) is 0.463. The minimum absolute atomic E-state index is 0.0353. The smallest absolute Gasteiger partial charge is 0.339 e. The molecular formula is C27H40O4. The first kappa shape index (κ1) is 26.8. The number of carbonyl (C=O) groups is 2. The maximum absolute atomic E-state index is 12.4. The Morgan fingerprint density at radius 3 is 2.00 bits per heavy atom. The molecule has 4 nitrogen and oxygen atoms in total. The van der Waals surface area contributed by atoms with Crippen molar-refractivity contribution in [2.75, 3.05) is 13.2 Å². The third kappa shape index (κ3) is 12.9. The van der Waals surface area contributed by atoms with Crippen LogP contribution >= 0.6 is 0 Å². The summed E-state index contributed by atoms with van der Waals surface area (Å²) in [6.45, 7) is 6.88. The molecule has 0 heterocycles. The quantitative estimate of drug-likeness (QED) is 0.172. The van der Waals surface area contributed by atoms with Gasteiger partial charge in [-0.25, -0.2) is 9.59 Å². The molecule has 1 aromatic carbocycles. The molecule has 0 aliphatic carbocycles. The number of ether oxygens (including phenoxy) is 2. The highest BCUT2D eigenvalue weighted by Crippen LogP contribution is 2.13. The molecule has 0 amide bonds. The van der Waals surface area contributed by atoms with Crippen molar-refractivity contribution >= 4 is 11.9 Å². The van der Waals surface area contributed by atoms with Gasteiger partial charge in [0.2, 0.25) is 0 Å². The third-order valence-corrected chi connectivity index (χ3v) is 5.08. The van der Waals surface area contributed by atoms with Crippen molar-refractivity contribution in [3.8, 4) is 11.8 Å². The third-order valence-electron chi connectivity index (χ3n) is 5.08.